The molecule has 0 bridgehead atoms. The van der Waals surface area contributed by atoms with Gasteiger partial charge in [-0.3, -0.25) is 15.0 Å². The number of rotatable bonds is 4. The lowest BCUT2D eigenvalue weighted by Crippen LogP contribution is -2.19. The van der Waals surface area contributed by atoms with Crippen molar-refractivity contribution in [2.75, 3.05) is 5.32 Å². The molecule has 0 unspecified atom stereocenters. The molecule has 0 atom stereocenters. The van der Waals surface area contributed by atoms with Crippen LogP contribution in [0.15, 0.2) is 36.7 Å². The molecule has 2 aromatic rings. The van der Waals surface area contributed by atoms with Gasteiger partial charge in [-0.05, 0) is 18.2 Å². The molecule has 0 aliphatic heterocycles. The molecule has 1 aliphatic rings. The van der Waals surface area contributed by atoms with Crippen LogP contribution in [0.2, 0.25) is 0 Å². The Balaban J connectivity index is 0.000000523. The molecule has 3 N–H and O–H groups in total. The van der Waals surface area contributed by atoms with Gasteiger partial charge in [0.25, 0.3) is 5.91 Å². The second-order valence-electron chi connectivity index (χ2n) is 4.73. The lowest BCUT2D eigenvalue weighted by atomic mass is 10.2. The van der Waals surface area contributed by atoms with Gasteiger partial charge in [-0.15, -0.1) is 0 Å². The van der Waals surface area contributed by atoms with Crippen molar-refractivity contribution in [3.63, 3.8) is 0 Å². The van der Waals surface area contributed by atoms with Crippen molar-refractivity contribution in [2.45, 2.75) is 25.8 Å². The molecule has 1 aliphatic carbocycles. The van der Waals surface area contributed by atoms with E-state index < -0.39 is 11.7 Å². The topological polar surface area (TPSA) is 87.1 Å². The molecular weight excluding hydrogens is 287 g/mol. The first-order chi connectivity index (χ1) is 10.7. The highest BCUT2D eigenvalue weighted by molar-refractivity contribution is 5.93. The summed E-state index contributed by atoms with van der Waals surface area (Å²) in [6.07, 6.45) is 7.30. The van der Waals surface area contributed by atoms with Crippen molar-refractivity contribution in [3.8, 4) is 0 Å². The zero-order valence-corrected chi connectivity index (χ0v) is 11.9. The maximum atomic E-state index is 13.6. The lowest BCUT2D eigenvalue weighted by molar-refractivity contribution is 0.0705. The number of aromatic nitrogens is 2. The molecule has 0 radical (unpaired) electrons. The molecule has 0 saturated heterocycles. The van der Waals surface area contributed by atoms with Gasteiger partial charge < -0.3 is 5.32 Å². The van der Waals surface area contributed by atoms with Gasteiger partial charge in [0, 0.05) is 12.4 Å². The highest BCUT2D eigenvalue weighted by Crippen LogP contribution is 2.15. The first kappa shape index (κ1) is 15.8. The molecule has 7 heteroatoms. The van der Waals surface area contributed by atoms with Crippen LogP contribution in [-0.4, -0.2) is 21.1 Å². The molecule has 2 heterocycles. The fourth-order valence-corrected chi connectivity index (χ4v) is 1.43. The molecule has 6 nitrogen and oxygen atoms in total. The number of pyridine rings is 2. The van der Waals surface area contributed by atoms with Crippen LogP contribution < -0.4 is 10.8 Å². The Bertz CT molecular complexity index is 617. The SMILES string of the molecule is C1CC1.O=C(NO)c1cnc(NCc2ccccn2)c(F)c1. The molecule has 0 spiro atoms. The van der Waals surface area contributed by atoms with Crippen LogP contribution in [0.4, 0.5) is 10.2 Å². The van der Waals surface area contributed by atoms with Gasteiger partial charge in [0.15, 0.2) is 11.6 Å². The summed E-state index contributed by atoms with van der Waals surface area (Å²) in [6, 6.07) is 6.38. The second-order valence-corrected chi connectivity index (χ2v) is 4.73. The summed E-state index contributed by atoms with van der Waals surface area (Å²) in [7, 11) is 0. The smallest absolute Gasteiger partial charge is 0.276 e. The number of nitrogens with zero attached hydrogens (tertiary/aromatic N) is 2. The number of carbonyl (C=O) groups excluding carboxylic acids is 1. The maximum Gasteiger partial charge on any atom is 0.276 e. The number of hydrogen-bond acceptors (Lipinski definition) is 5. The molecule has 1 saturated carbocycles. The van der Waals surface area contributed by atoms with Gasteiger partial charge in [-0.2, -0.15) is 0 Å². The number of carbonyl (C=O) groups is 1. The van der Waals surface area contributed by atoms with Crippen molar-refractivity contribution in [2.24, 2.45) is 0 Å². The first-order valence-corrected chi connectivity index (χ1v) is 6.94. The van der Waals surface area contributed by atoms with E-state index in [4.69, 9.17) is 5.21 Å². The van der Waals surface area contributed by atoms with Crippen LogP contribution in [0, 0.1) is 5.82 Å². The third-order valence-electron chi connectivity index (χ3n) is 2.72. The molecule has 1 fully saturated rings. The zero-order chi connectivity index (χ0) is 15.8. The average Bonchev–Trinajstić information content (AvgIpc) is 3.42. The van der Waals surface area contributed by atoms with Crippen LogP contribution in [0.1, 0.15) is 35.3 Å². The van der Waals surface area contributed by atoms with E-state index in [9.17, 15) is 9.18 Å². The number of hydrogen-bond donors (Lipinski definition) is 3. The minimum atomic E-state index is -0.817. The third-order valence-corrected chi connectivity index (χ3v) is 2.72. The van der Waals surface area contributed by atoms with Crippen LogP contribution in [0.25, 0.3) is 0 Å². The summed E-state index contributed by atoms with van der Waals surface area (Å²) < 4.78 is 13.6. The van der Waals surface area contributed by atoms with Gasteiger partial charge in [0.05, 0.1) is 17.8 Å². The summed E-state index contributed by atoms with van der Waals surface area (Å²) in [6.45, 7) is 0.316. The number of hydroxylamine groups is 1. The van der Waals surface area contributed by atoms with Crippen LogP contribution in [0.5, 0.6) is 0 Å². The standard InChI is InChI=1S/C12H11FN4O2.C3H6/c13-10-5-8(12(18)17-19)6-15-11(10)16-7-9-3-1-2-4-14-9;1-2-3-1/h1-6,19H,7H2,(H,15,16)(H,17,18);1-3H2. The van der Waals surface area contributed by atoms with E-state index in [1.807, 2.05) is 6.07 Å². The molecule has 3 rings (SSSR count). The maximum absolute atomic E-state index is 13.6. The summed E-state index contributed by atoms with van der Waals surface area (Å²) in [4.78, 5) is 18.9. The number of halogens is 1. The molecule has 1 amide bonds. The van der Waals surface area contributed by atoms with Crippen molar-refractivity contribution < 1.29 is 14.4 Å². The monoisotopic (exact) mass is 304 g/mol. The minimum absolute atomic E-state index is 0.0140. The van der Waals surface area contributed by atoms with Crippen LogP contribution >= 0.6 is 0 Å². The minimum Gasteiger partial charge on any atom is -0.362 e. The summed E-state index contributed by atoms with van der Waals surface area (Å²) in [5.41, 5.74) is 2.08. The van der Waals surface area contributed by atoms with E-state index in [0.717, 1.165) is 18.0 Å². The fraction of sp³-hybridized carbons (Fsp3) is 0.267. The van der Waals surface area contributed by atoms with E-state index in [1.54, 1.807) is 18.3 Å². The van der Waals surface area contributed by atoms with E-state index in [0.29, 0.717) is 6.54 Å². The molecular formula is C15H17FN4O2. The highest BCUT2D eigenvalue weighted by atomic mass is 19.1. The van der Waals surface area contributed by atoms with Crippen LogP contribution in [-0.2, 0) is 6.54 Å². The van der Waals surface area contributed by atoms with Crippen molar-refractivity contribution in [1.82, 2.24) is 15.4 Å². The zero-order valence-electron chi connectivity index (χ0n) is 11.9. The Hall–Kier alpha value is -2.54. The predicted molar refractivity (Wildman–Crippen MR) is 78.9 cm³/mol. The Kier molecular flexibility index (Phi) is 5.79. The number of amides is 1. The Morgan fingerprint density at radius 2 is 2.05 bits per heavy atom. The van der Waals surface area contributed by atoms with Crippen molar-refractivity contribution >= 4 is 11.7 Å². The number of anilines is 1. The third kappa shape index (κ3) is 5.10. The molecule has 0 aromatic carbocycles. The van der Waals surface area contributed by atoms with Crippen molar-refractivity contribution in [3.05, 3.63) is 53.7 Å². The lowest BCUT2D eigenvalue weighted by Gasteiger charge is -2.07. The van der Waals surface area contributed by atoms with E-state index in [-0.39, 0.29) is 11.4 Å². The molecule has 22 heavy (non-hydrogen) atoms. The van der Waals surface area contributed by atoms with Crippen LogP contribution in [0.3, 0.4) is 0 Å². The highest BCUT2D eigenvalue weighted by Gasteiger charge is 2.10. The summed E-state index contributed by atoms with van der Waals surface area (Å²) >= 11 is 0. The van der Waals surface area contributed by atoms with E-state index >= 15 is 0 Å². The fourth-order valence-electron chi connectivity index (χ4n) is 1.43. The van der Waals surface area contributed by atoms with Gasteiger partial charge in [0.1, 0.15) is 0 Å². The van der Waals surface area contributed by atoms with E-state index in [1.165, 1.54) is 24.7 Å². The number of nitrogens with one attached hydrogen (secondary N) is 2. The normalized spacial score (nSPS) is 11.9. The Morgan fingerprint density at radius 3 is 2.59 bits per heavy atom. The largest absolute Gasteiger partial charge is 0.362 e. The molecule has 116 valence electrons. The first-order valence-electron chi connectivity index (χ1n) is 6.94. The average molecular weight is 304 g/mol. The summed E-state index contributed by atoms with van der Waals surface area (Å²) in [5.74, 6) is -1.49. The second kappa shape index (κ2) is 8.04. The van der Waals surface area contributed by atoms with Crippen molar-refractivity contribution in [1.29, 1.82) is 0 Å². The quantitative estimate of drug-likeness (QED) is 0.597. The summed E-state index contributed by atoms with van der Waals surface area (Å²) in [5, 5.41) is 11.2. The molecule has 2 aromatic heterocycles. The Morgan fingerprint density at radius 1 is 1.27 bits per heavy atom. The van der Waals surface area contributed by atoms with Gasteiger partial charge >= 0.3 is 0 Å². The van der Waals surface area contributed by atoms with Gasteiger partial charge in [0.2, 0.25) is 0 Å². The Labute approximate surface area is 127 Å². The predicted octanol–water partition coefficient (Wildman–Crippen LogP) is 2.52. The van der Waals surface area contributed by atoms with Gasteiger partial charge in [-0.25, -0.2) is 14.9 Å². The van der Waals surface area contributed by atoms with E-state index in [2.05, 4.69) is 15.3 Å². The van der Waals surface area contributed by atoms with Gasteiger partial charge in [-0.1, -0.05) is 25.3 Å².